The van der Waals surface area contributed by atoms with Gasteiger partial charge in [0.1, 0.15) is 6.04 Å². The first-order chi connectivity index (χ1) is 17.6. The maximum Gasteiger partial charge on any atom is 0.256 e. The van der Waals surface area contributed by atoms with Crippen LogP contribution in [0.1, 0.15) is 53.1 Å². The van der Waals surface area contributed by atoms with Gasteiger partial charge in [-0.2, -0.15) is 4.68 Å². The molecule has 1 fully saturated rings. The van der Waals surface area contributed by atoms with Crippen LogP contribution in [0.15, 0.2) is 30.3 Å². The number of para-hydroxylation sites is 1. The van der Waals surface area contributed by atoms with Crippen LogP contribution in [-0.2, 0) is 6.42 Å². The molecule has 2 aromatic carbocycles. The summed E-state index contributed by atoms with van der Waals surface area (Å²) in [6.45, 7) is 4.74. The lowest BCUT2D eigenvalue weighted by Gasteiger charge is -2.35. The minimum absolute atomic E-state index is 0.0114. The monoisotopic (exact) mass is 490 g/mol. The smallest absolute Gasteiger partial charge is 0.256 e. The maximum atomic E-state index is 13.6. The van der Waals surface area contributed by atoms with Crippen molar-refractivity contribution in [1.29, 1.82) is 0 Å². The van der Waals surface area contributed by atoms with Gasteiger partial charge in [-0.25, -0.2) is 0 Å². The molecule has 188 valence electrons. The number of likely N-dealkylation sites (N-methyl/N-ethyl adjacent to an activating group) is 1. The summed E-state index contributed by atoms with van der Waals surface area (Å²) in [6, 6.07) is 9.29. The first-order valence-corrected chi connectivity index (χ1v) is 12.4. The number of ether oxygens (including phenoxy) is 3. The molecule has 1 unspecified atom stereocenters. The number of hydrogen-bond donors (Lipinski definition) is 0. The third-order valence-corrected chi connectivity index (χ3v) is 7.57. The summed E-state index contributed by atoms with van der Waals surface area (Å²) in [4.78, 5) is 17.7. The Morgan fingerprint density at radius 3 is 2.75 bits per heavy atom. The van der Waals surface area contributed by atoms with Gasteiger partial charge in [0.2, 0.25) is 12.5 Å². The standard InChI is InChI=1S/C26H30N6O4/c1-16-8-12-31(13-9-16)26(33)18-6-4-5-7-19(18)32-25(27-28-29-32)22-21-17(10-11-30(22)2)14-20-23(24(21)34-3)36-15-35-20/h4-7,14,16,22H,8-13,15H2,1-3H3. The molecule has 3 aliphatic heterocycles. The number of rotatable bonds is 4. The highest BCUT2D eigenvalue weighted by Crippen LogP contribution is 2.50. The molecule has 0 saturated carbocycles. The van der Waals surface area contributed by atoms with Gasteiger partial charge in [-0.3, -0.25) is 9.69 Å². The van der Waals surface area contributed by atoms with Crippen molar-refractivity contribution in [1.82, 2.24) is 30.0 Å². The van der Waals surface area contributed by atoms with Crippen molar-refractivity contribution in [3.05, 3.63) is 52.8 Å². The summed E-state index contributed by atoms with van der Waals surface area (Å²) in [5, 5.41) is 12.9. The van der Waals surface area contributed by atoms with E-state index in [0.29, 0.717) is 40.2 Å². The van der Waals surface area contributed by atoms with E-state index in [-0.39, 0.29) is 18.7 Å². The Kier molecular flexibility index (Phi) is 5.75. The summed E-state index contributed by atoms with van der Waals surface area (Å²) in [7, 11) is 3.68. The van der Waals surface area contributed by atoms with E-state index in [1.54, 1.807) is 11.8 Å². The highest BCUT2D eigenvalue weighted by Gasteiger charge is 2.38. The molecule has 36 heavy (non-hydrogen) atoms. The van der Waals surface area contributed by atoms with E-state index in [9.17, 15) is 4.79 Å². The molecule has 0 N–H and O–H groups in total. The second-order valence-electron chi connectivity index (χ2n) is 9.79. The largest absolute Gasteiger partial charge is 0.492 e. The van der Waals surface area contributed by atoms with Crippen LogP contribution in [0.2, 0.25) is 0 Å². The van der Waals surface area contributed by atoms with E-state index in [2.05, 4.69) is 27.3 Å². The van der Waals surface area contributed by atoms with Gasteiger partial charge in [0, 0.05) is 25.2 Å². The minimum Gasteiger partial charge on any atom is -0.492 e. The topological polar surface area (TPSA) is 94.8 Å². The lowest BCUT2D eigenvalue weighted by molar-refractivity contribution is 0.0697. The fraction of sp³-hybridized carbons (Fsp3) is 0.462. The van der Waals surface area contributed by atoms with Crippen molar-refractivity contribution >= 4 is 5.91 Å². The van der Waals surface area contributed by atoms with E-state index in [1.807, 2.05) is 42.3 Å². The number of methoxy groups -OCH3 is 1. The third kappa shape index (κ3) is 3.67. The lowest BCUT2D eigenvalue weighted by atomic mass is 9.90. The SMILES string of the molecule is COc1c2c(cc3c1C(c1nnnn1-c1ccccc1C(=O)N1CCC(C)CC1)N(C)CC3)OCO2. The van der Waals surface area contributed by atoms with E-state index < -0.39 is 0 Å². The Hall–Kier alpha value is -3.66. The molecule has 1 aromatic heterocycles. The average molecular weight is 491 g/mol. The van der Waals surface area contributed by atoms with Crippen LogP contribution in [0.25, 0.3) is 5.69 Å². The predicted octanol–water partition coefficient (Wildman–Crippen LogP) is 2.85. The number of amides is 1. The Balaban J connectivity index is 1.44. The van der Waals surface area contributed by atoms with Gasteiger partial charge in [0.25, 0.3) is 5.91 Å². The zero-order valence-corrected chi connectivity index (χ0v) is 20.8. The second-order valence-corrected chi connectivity index (χ2v) is 9.79. The van der Waals surface area contributed by atoms with Gasteiger partial charge in [0.15, 0.2) is 17.3 Å². The van der Waals surface area contributed by atoms with Crippen LogP contribution in [0.5, 0.6) is 17.2 Å². The average Bonchev–Trinajstić information content (AvgIpc) is 3.57. The zero-order valence-electron chi connectivity index (χ0n) is 20.8. The molecule has 1 amide bonds. The van der Waals surface area contributed by atoms with Gasteiger partial charge < -0.3 is 19.1 Å². The number of fused-ring (bicyclic) bond motifs is 2. The first-order valence-electron chi connectivity index (χ1n) is 12.4. The van der Waals surface area contributed by atoms with Crippen molar-refractivity contribution in [2.45, 2.75) is 32.2 Å². The maximum absolute atomic E-state index is 13.6. The van der Waals surface area contributed by atoms with Crippen molar-refractivity contribution in [2.75, 3.05) is 40.6 Å². The fourth-order valence-electron chi connectivity index (χ4n) is 5.52. The Bertz CT molecular complexity index is 1300. The van der Waals surface area contributed by atoms with Gasteiger partial charge in [-0.1, -0.05) is 19.1 Å². The van der Waals surface area contributed by atoms with Crippen LogP contribution in [-0.4, -0.2) is 76.5 Å². The van der Waals surface area contributed by atoms with Gasteiger partial charge in [-0.05, 0) is 66.4 Å². The summed E-state index contributed by atoms with van der Waals surface area (Å²) >= 11 is 0. The third-order valence-electron chi connectivity index (χ3n) is 7.57. The molecule has 0 radical (unpaired) electrons. The Morgan fingerprint density at radius 2 is 1.94 bits per heavy atom. The van der Waals surface area contributed by atoms with Crippen LogP contribution >= 0.6 is 0 Å². The number of hydrogen-bond acceptors (Lipinski definition) is 8. The Labute approximate surface area is 209 Å². The van der Waals surface area contributed by atoms with E-state index in [0.717, 1.165) is 50.0 Å². The summed E-state index contributed by atoms with van der Waals surface area (Å²) < 4.78 is 19.0. The van der Waals surface area contributed by atoms with Crippen molar-refractivity contribution in [3.8, 4) is 22.9 Å². The number of aromatic nitrogens is 4. The summed E-state index contributed by atoms with van der Waals surface area (Å²) in [5.74, 6) is 3.20. The van der Waals surface area contributed by atoms with Gasteiger partial charge >= 0.3 is 0 Å². The number of piperidine rings is 1. The lowest BCUT2D eigenvalue weighted by Crippen LogP contribution is -2.38. The highest BCUT2D eigenvalue weighted by atomic mass is 16.7. The van der Waals surface area contributed by atoms with Crippen LogP contribution in [0.3, 0.4) is 0 Å². The molecule has 6 rings (SSSR count). The molecule has 0 bridgehead atoms. The normalized spacial score (nSPS) is 19.9. The molecule has 10 heteroatoms. The van der Waals surface area contributed by atoms with Gasteiger partial charge in [0.05, 0.1) is 18.4 Å². The molecule has 0 spiro atoms. The molecule has 1 atom stereocenters. The van der Waals surface area contributed by atoms with Crippen LogP contribution in [0.4, 0.5) is 0 Å². The molecule has 1 saturated heterocycles. The molecule has 0 aliphatic carbocycles. The zero-order chi connectivity index (χ0) is 24.8. The number of carbonyl (C=O) groups excluding carboxylic acids is 1. The number of tetrazole rings is 1. The van der Waals surface area contributed by atoms with Crippen LogP contribution in [0, 0.1) is 5.92 Å². The molecule has 4 heterocycles. The molecule has 3 aromatic rings. The quantitative estimate of drug-likeness (QED) is 0.551. The fourth-order valence-corrected chi connectivity index (χ4v) is 5.52. The summed E-state index contributed by atoms with van der Waals surface area (Å²) in [5.41, 5.74) is 3.33. The molecular formula is C26H30N6O4. The van der Waals surface area contributed by atoms with Crippen LogP contribution < -0.4 is 14.2 Å². The van der Waals surface area contributed by atoms with E-state index in [1.165, 1.54) is 0 Å². The van der Waals surface area contributed by atoms with Crippen molar-refractivity contribution < 1.29 is 19.0 Å². The van der Waals surface area contributed by atoms with Gasteiger partial charge in [-0.15, -0.1) is 5.10 Å². The number of nitrogens with zero attached hydrogens (tertiary/aromatic N) is 6. The predicted molar refractivity (Wildman–Crippen MR) is 131 cm³/mol. The number of carbonyl (C=O) groups is 1. The number of benzene rings is 2. The molecule has 10 nitrogen and oxygen atoms in total. The molecule has 3 aliphatic rings. The second kappa shape index (κ2) is 9.09. The Morgan fingerprint density at radius 1 is 1.14 bits per heavy atom. The van der Waals surface area contributed by atoms with Crippen molar-refractivity contribution in [2.24, 2.45) is 5.92 Å². The first kappa shape index (κ1) is 22.8. The minimum atomic E-state index is -0.299. The van der Waals surface area contributed by atoms with E-state index in [4.69, 9.17) is 14.2 Å². The van der Waals surface area contributed by atoms with E-state index >= 15 is 0 Å². The van der Waals surface area contributed by atoms with Crippen molar-refractivity contribution in [3.63, 3.8) is 0 Å². The highest BCUT2D eigenvalue weighted by molar-refractivity contribution is 5.97. The summed E-state index contributed by atoms with van der Waals surface area (Å²) in [6.07, 6.45) is 2.87. The molecular weight excluding hydrogens is 460 g/mol. The number of likely N-dealkylation sites (tertiary alicyclic amines) is 1.